The van der Waals surface area contributed by atoms with Crippen LogP contribution in [0, 0.1) is 0 Å². The van der Waals surface area contributed by atoms with Gasteiger partial charge in [-0.2, -0.15) is 13.2 Å². The van der Waals surface area contributed by atoms with Gasteiger partial charge in [-0.25, -0.2) is 4.79 Å². The molecule has 0 aliphatic heterocycles. The minimum absolute atomic E-state index is 0.000163. The third-order valence-corrected chi connectivity index (χ3v) is 3.75. The zero-order valence-corrected chi connectivity index (χ0v) is 15.9. The van der Waals surface area contributed by atoms with Crippen LogP contribution in [0.2, 0.25) is 0 Å². The number of halogens is 3. The Morgan fingerprint density at radius 1 is 0.900 bits per heavy atom. The molecule has 0 aliphatic rings. The molecule has 2 aromatic carbocycles. The van der Waals surface area contributed by atoms with E-state index < -0.39 is 35.3 Å². The van der Waals surface area contributed by atoms with E-state index in [-0.39, 0.29) is 31.0 Å². The lowest BCUT2D eigenvalue weighted by atomic mass is 10.1. The van der Waals surface area contributed by atoms with Gasteiger partial charge in [0, 0.05) is 18.7 Å². The van der Waals surface area contributed by atoms with Crippen molar-refractivity contribution in [3.8, 4) is 5.75 Å². The van der Waals surface area contributed by atoms with E-state index in [1.165, 1.54) is 36.4 Å². The van der Waals surface area contributed by atoms with Gasteiger partial charge in [0.05, 0.1) is 17.7 Å². The SMILES string of the molecule is CCOC(=O)Oc1ccc(C(=O)NCCNC(=O)c2ccccc2C(F)(F)F)cc1. The lowest BCUT2D eigenvalue weighted by Crippen LogP contribution is -2.35. The normalized spacial score (nSPS) is 10.8. The van der Waals surface area contributed by atoms with Gasteiger partial charge in [-0.3, -0.25) is 9.59 Å². The second-order valence-electron chi connectivity index (χ2n) is 5.86. The highest BCUT2D eigenvalue weighted by Gasteiger charge is 2.34. The molecule has 0 saturated carbocycles. The monoisotopic (exact) mass is 424 g/mol. The molecule has 0 radical (unpaired) electrons. The first-order chi connectivity index (χ1) is 14.2. The summed E-state index contributed by atoms with van der Waals surface area (Å²) >= 11 is 0. The Morgan fingerprint density at radius 2 is 1.50 bits per heavy atom. The first-order valence-corrected chi connectivity index (χ1v) is 8.89. The number of carbonyl (C=O) groups is 3. The quantitative estimate of drug-likeness (QED) is 0.404. The van der Waals surface area contributed by atoms with Crippen molar-refractivity contribution in [1.29, 1.82) is 0 Å². The molecule has 2 aromatic rings. The summed E-state index contributed by atoms with van der Waals surface area (Å²) in [5.41, 5.74) is -1.26. The van der Waals surface area contributed by atoms with E-state index in [0.29, 0.717) is 0 Å². The number of hydrogen-bond acceptors (Lipinski definition) is 5. The zero-order valence-electron chi connectivity index (χ0n) is 15.9. The minimum atomic E-state index is -4.65. The topological polar surface area (TPSA) is 93.7 Å². The summed E-state index contributed by atoms with van der Waals surface area (Å²) in [5, 5.41) is 4.86. The number of alkyl halides is 3. The van der Waals surface area contributed by atoms with E-state index in [9.17, 15) is 27.6 Å². The van der Waals surface area contributed by atoms with Crippen molar-refractivity contribution < 1.29 is 37.0 Å². The highest BCUT2D eigenvalue weighted by atomic mass is 19.4. The van der Waals surface area contributed by atoms with Gasteiger partial charge in [-0.05, 0) is 43.3 Å². The molecule has 7 nitrogen and oxygen atoms in total. The average molecular weight is 424 g/mol. The standard InChI is InChI=1S/C20H19F3N2O5/c1-2-29-19(28)30-14-9-7-13(8-10-14)17(26)24-11-12-25-18(27)15-5-3-4-6-16(15)20(21,22)23/h3-10H,2,11-12H2,1H3,(H,24,26)(H,25,27). The molecule has 0 heterocycles. The number of nitrogens with one attached hydrogen (secondary N) is 2. The van der Waals surface area contributed by atoms with Crippen LogP contribution in [0.5, 0.6) is 5.75 Å². The highest BCUT2D eigenvalue weighted by molar-refractivity contribution is 5.96. The number of carbonyl (C=O) groups excluding carboxylic acids is 3. The summed E-state index contributed by atoms with van der Waals surface area (Å²) < 4.78 is 48.4. The van der Waals surface area contributed by atoms with Gasteiger partial charge in [-0.1, -0.05) is 12.1 Å². The van der Waals surface area contributed by atoms with E-state index in [4.69, 9.17) is 4.74 Å². The van der Waals surface area contributed by atoms with Crippen LogP contribution in [-0.2, 0) is 10.9 Å². The second-order valence-corrected chi connectivity index (χ2v) is 5.86. The molecule has 0 aliphatic carbocycles. The van der Waals surface area contributed by atoms with Crippen molar-refractivity contribution in [1.82, 2.24) is 10.6 Å². The van der Waals surface area contributed by atoms with Gasteiger partial charge in [-0.15, -0.1) is 0 Å². The fraction of sp³-hybridized carbons (Fsp3) is 0.250. The van der Waals surface area contributed by atoms with E-state index in [1.807, 2.05) is 0 Å². The van der Waals surface area contributed by atoms with Crippen molar-refractivity contribution in [2.45, 2.75) is 13.1 Å². The summed E-state index contributed by atoms with van der Waals surface area (Å²) in [5.74, 6) is -1.17. The van der Waals surface area contributed by atoms with Crippen LogP contribution in [0.15, 0.2) is 48.5 Å². The molecule has 0 saturated heterocycles. The molecule has 2 N–H and O–H groups in total. The minimum Gasteiger partial charge on any atom is -0.434 e. The number of benzene rings is 2. The van der Waals surface area contributed by atoms with Gasteiger partial charge in [0.2, 0.25) is 0 Å². The fourth-order valence-electron chi connectivity index (χ4n) is 2.40. The van der Waals surface area contributed by atoms with Crippen LogP contribution in [-0.4, -0.2) is 37.7 Å². The van der Waals surface area contributed by atoms with E-state index >= 15 is 0 Å². The Labute approximate surface area is 170 Å². The Kier molecular flexibility index (Phi) is 7.79. The second kappa shape index (κ2) is 10.3. The maximum Gasteiger partial charge on any atom is 0.513 e. The molecule has 0 bridgehead atoms. The Morgan fingerprint density at radius 3 is 2.10 bits per heavy atom. The number of hydrogen-bond donors (Lipinski definition) is 2. The van der Waals surface area contributed by atoms with E-state index in [2.05, 4.69) is 15.4 Å². The summed E-state index contributed by atoms with van der Waals surface area (Å²) in [6, 6.07) is 10.1. The van der Waals surface area contributed by atoms with Crippen LogP contribution < -0.4 is 15.4 Å². The highest BCUT2D eigenvalue weighted by Crippen LogP contribution is 2.31. The number of rotatable bonds is 7. The maximum absolute atomic E-state index is 13.0. The summed E-state index contributed by atoms with van der Waals surface area (Å²) in [7, 11) is 0. The molecule has 0 unspecified atom stereocenters. The largest absolute Gasteiger partial charge is 0.513 e. The Bertz CT molecular complexity index is 898. The molecular formula is C20H19F3N2O5. The van der Waals surface area contributed by atoms with Crippen LogP contribution in [0.4, 0.5) is 18.0 Å². The summed E-state index contributed by atoms with van der Waals surface area (Å²) in [4.78, 5) is 35.3. The maximum atomic E-state index is 13.0. The van der Waals surface area contributed by atoms with Crippen LogP contribution in [0.3, 0.4) is 0 Å². The Balaban J connectivity index is 1.83. The summed E-state index contributed by atoms with van der Waals surface area (Å²) in [6.45, 7) is 1.73. The van der Waals surface area contributed by atoms with E-state index in [0.717, 1.165) is 12.1 Å². The molecular weight excluding hydrogens is 405 g/mol. The van der Waals surface area contributed by atoms with Gasteiger partial charge in [0.1, 0.15) is 5.75 Å². The van der Waals surface area contributed by atoms with Gasteiger partial charge < -0.3 is 20.1 Å². The number of amides is 2. The molecule has 2 amide bonds. The smallest absolute Gasteiger partial charge is 0.434 e. The van der Waals surface area contributed by atoms with Gasteiger partial charge in [0.25, 0.3) is 11.8 Å². The van der Waals surface area contributed by atoms with Crippen molar-refractivity contribution in [3.63, 3.8) is 0 Å². The molecule has 0 atom stereocenters. The molecule has 30 heavy (non-hydrogen) atoms. The van der Waals surface area contributed by atoms with Crippen molar-refractivity contribution >= 4 is 18.0 Å². The van der Waals surface area contributed by atoms with Crippen LogP contribution in [0.1, 0.15) is 33.2 Å². The number of ether oxygens (including phenoxy) is 2. The summed E-state index contributed by atoms with van der Waals surface area (Å²) in [6.07, 6.45) is -5.51. The van der Waals surface area contributed by atoms with Crippen LogP contribution in [0.25, 0.3) is 0 Å². The average Bonchev–Trinajstić information content (AvgIpc) is 2.71. The van der Waals surface area contributed by atoms with E-state index in [1.54, 1.807) is 6.92 Å². The zero-order chi connectivity index (χ0) is 22.1. The lowest BCUT2D eigenvalue weighted by Gasteiger charge is -2.13. The van der Waals surface area contributed by atoms with Crippen LogP contribution >= 0.6 is 0 Å². The fourth-order valence-corrected chi connectivity index (χ4v) is 2.40. The van der Waals surface area contributed by atoms with Crippen molar-refractivity contribution in [2.75, 3.05) is 19.7 Å². The Hall–Kier alpha value is -3.56. The molecule has 0 aromatic heterocycles. The predicted molar refractivity (Wildman–Crippen MR) is 100 cm³/mol. The molecule has 0 fully saturated rings. The first kappa shape index (κ1) is 22.7. The third kappa shape index (κ3) is 6.50. The molecule has 160 valence electrons. The molecule has 2 rings (SSSR count). The van der Waals surface area contributed by atoms with Crippen molar-refractivity contribution in [2.24, 2.45) is 0 Å². The molecule has 10 heteroatoms. The van der Waals surface area contributed by atoms with Crippen molar-refractivity contribution in [3.05, 3.63) is 65.2 Å². The predicted octanol–water partition coefficient (Wildman–Crippen LogP) is 3.40. The molecule has 0 spiro atoms. The first-order valence-electron chi connectivity index (χ1n) is 8.89. The third-order valence-electron chi connectivity index (χ3n) is 3.75. The van der Waals surface area contributed by atoms with Gasteiger partial charge in [0.15, 0.2) is 0 Å². The lowest BCUT2D eigenvalue weighted by molar-refractivity contribution is -0.137. The van der Waals surface area contributed by atoms with Gasteiger partial charge >= 0.3 is 12.3 Å².